The van der Waals surface area contributed by atoms with Crippen molar-refractivity contribution in [2.24, 2.45) is 12.0 Å². The van der Waals surface area contributed by atoms with Crippen molar-refractivity contribution >= 4 is 5.96 Å². The van der Waals surface area contributed by atoms with Crippen LogP contribution in [0.15, 0.2) is 33.9 Å². The highest BCUT2D eigenvalue weighted by molar-refractivity contribution is 5.80. The quantitative estimate of drug-likeness (QED) is 0.433. The molecule has 9 heteroatoms. The van der Waals surface area contributed by atoms with E-state index in [9.17, 15) is 0 Å². The Balaban J connectivity index is 1.57. The fraction of sp³-hybridized carbons (Fsp3) is 0.476. The number of hydrogen-bond acceptors (Lipinski definition) is 6. The van der Waals surface area contributed by atoms with Gasteiger partial charge >= 0.3 is 0 Å². The third kappa shape index (κ3) is 5.43. The smallest absolute Gasteiger partial charge is 0.276 e. The Kier molecular flexibility index (Phi) is 7.16. The summed E-state index contributed by atoms with van der Waals surface area (Å²) in [6.07, 6.45) is 3.17. The van der Waals surface area contributed by atoms with E-state index in [1.54, 1.807) is 6.20 Å². The molecule has 3 aromatic heterocycles. The predicted molar refractivity (Wildman–Crippen MR) is 116 cm³/mol. The van der Waals surface area contributed by atoms with E-state index in [1.165, 1.54) is 11.3 Å². The number of aryl methyl sites for hydroxylation is 2. The molecule has 0 aliphatic carbocycles. The van der Waals surface area contributed by atoms with Gasteiger partial charge in [-0.25, -0.2) is 0 Å². The number of hydrogen-bond donors (Lipinski definition) is 2. The summed E-state index contributed by atoms with van der Waals surface area (Å²) in [6.45, 7) is 9.69. The summed E-state index contributed by atoms with van der Waals surface area (Å²) >= 11 is 0. The van der Waals surface area contributed by atoms with Crippen molar-refractivity contribution < 1.29 is 4.52 Å². The molecular weight excluding hydrogens is 380 g/mol. The number of nitrogens with one attached hydrogen (secondary N) is 2. The number of aromatic nitrogens is 5. The van der Waals surface area contributed by atoms with E-state index in [4.69, 9.17) is 4.52 Å². The maximum absolute atomic E-state index is 5.30. The van der Waals surface area contributed by atoms with Gasteiger partial charge in [0.05, 0.1) is 5.69 Å². The second-order valence-electron chi connectivity index (χ2n) is 7.26. The van der Waals surface area contributed by atoms with E-state index in [-0.39, 0.29) is 6.04 Å². The van der Waals surface area contributed by atoms with Crippen LogP contribution in [0.3, 0.4) is 0 Å². The van der Waals surface area contributed by atoms with Crippen LogP contribution in [0.5, 0.6) is 0 Å². The molecule has 160 valence electrons. The van der Waals surface area contributed by atoms with Crippen molar-refractivity contribution in [1.82, 2.24) is 35.5 Å². The number of guanidine groups is 1. The molecule has 0 aliphatic rings. The number of pyridine rings is 1. The van der Waals surface area contributed by atoms with Gasteiger partial charge in [0.25, 0.3) is 5.89 Å². The Bertz CT molecular complexity index is 976. The van der Waals surface area contributed by atoms with Crippen LogP contribution < -0.4 is 10.6 Å². The molecule has 30 heavy (non-hydrogen) atoms. The average molecular weight is 411 g/mol. The third-order valence-electron chi connectivity index (χ3n) is 4.85. The molecule has 0 aromatic carbocycles. The van der Waals surface area contributed by atoms with Gasteiger partial charge < -0.3 is 15.2 Å². The molecule has 1 atom stereocenters. The molecule has 0 aliphatic heterocycles. The SMILES string of the molecule is CCNC(=NCCc1noc(-c2ccccn2)n1)NC(C)Cc1c(C)nn(C)c1C. The molecule has 0 fully saturated rings. The molecule has 1 unspecified atom stereocenters. The third-order valence-corrected chi connectivity index (χ3v) is 4.85. The van der Waals surface area contributed by atoms with Crippen LogP contribution in [0.25, 0.3) is 11.6 Å². The zero-order valence-electron chi connectivity index (χ0n) is 18.3. The lowest BCUT2D eigenvalue weighted by Crippen LogP contribution is -2.43. The Labute approximate surface area is 177 Å². The van der Waals surface area contributed by atoms with Crippen LogP contribution in [-0.2, 0) is 19.9 Å². The first-order valence-electron chi connectivity index (χ1n) is 10.3. The van der Waals surface area contributed by atoms with Crippen LogP contribution >= 0.6 is 0 Å². The molecule has 0 spiro atoms. The maximum Gasteiger partial charge on any atom is 0.276 e. The summed E-state index contributed by atoms with van der Waals surface area (Å²) in [5.74, 6) is 1.82. The van der Waals surface area contributed by atoms with Gasteiger partial charge in [-0.3, -0.25) is 14.7 Å². The Morgan fingerprint density at radius 2 is 2.13 bits per heavy atom. The summed E-state index contributed by atoms with van der Waals surface area (Å²) in [4.78, 5) is 13.3. The Morgan fingerprint density at radius 3 is 2.80 bits per heavy atom. The fourth-order valence-electron chi connectivity index (χ4n) is 3.24. The van der Waals surface area contributed by atoms with Gasteiger partial charge in [0, 0.05) is 44.5 Å². The second-order valence-corrected chi connectivity index (χ2v) is 7.26. The Hall–Kier alpha value is -3.23. The summed E-state index contributed by atoms with van der Waals surface area (Å²) < 4.78 is 7.23. The Morgan fingerprint density at radius 1 is 1.30 bits per heavy atom. The van der Waals surface area contributed by atoms with E-state index < -0.39 is 0 Å². The molecule has 0 amide bonds. The number of aliphatic imine (C=N–C) groups is 1. The summed E-state index contributed by atoms with van der Waals surface area (Å²) in [5.41, 5.74) is 4.22. The van der Waals surface area contributed by atoms with Gasteiger partial charge in [-0.05, 0) is 51.8 Å². The maximum atomic E-state index is 5.30. The van der Waals surface area contributed by atoms with Gasteiger partial charge in [0.15, 0.2) is 11.8 Å². The largest absolute Gasteiger partial charge is 0.357 e. The van der Waals surface area contributed by atoms with Crippen molar-refractivity contribution in [2.75, 3.05) is 13.1 Å². The topological polar surface area (TPSA) is 106 Å². The normalized spacial score (nSPS) is 12.8. The second kappa shape index (κ2) is 10.00. The molecule has 3 aromatic rings. The molecule has 2 N–H and O–H groups in total. The highest BCUT2D eigenvalue weighted by atomic mass is 16.5. The van der Waals surface area contributed by atoms with Crippen molar-refractivity contribution in [3.8, 4) is 11.6 Å². The van der Waals surface area contributed by atoms with Gasteiger partial charge in [-0.2, -0.15) is 10.1 Å². The highest BCUT2D eigenvalue weighted by Crippen LogP contribution is 2.14. The summed E-state index contributed by atoms with van der Waals surface area (Å²) in [5, 5.41) is 15.3. The molecule has 0 saturated heterocycles. The molecule has 0 saturated carbocycles. The van der Waals surface area contributed by atoms with Crippen molar-refractivity contribution in [3.05, 3.63) is 47.2 Å². The van der Waals surface area contributed by atoms with Crippen molar-refractivity contribution in [3.63, 3.8) is 0 Å². The van der Waals surface area contributed by atoms with E-state index in [0.29, 0.717) is 30.4 Å². The van der Waals surface area contributed by atoms with Crippen LogP contribution in [-0.4, -0.2) is 50.0 Å². The minimum absolute atomic E-state index is 0.213. The standard InChI is InChI=1S/C21H30N8O/c1-6-22-21(25-14(2)13-17-15(3)27-29(5)16(17)4)24-12-10-19-26-20(30-28-19)18-9-7-8-11-23-18/h7-9,11,14H,6,10,12-13H2,1-5H3,(H2,22,24,25). The molecule has 9 nitrogen and oxygen atoms in total. The lowest BCUT2D eigenvalue weighted by Gasteiger charge is -2.18. The first-order valence-corrected chi connectivity index (χ1v) is 10.3. The number of nitrogens with zero attached hydrogens (tertiary/aromatic N) is 6. The predicted octanol–water partition coefficient (Wildman–Crippen LogP) is 2.21. The summed E-state index contributed by atoms with van der Waals surface area (Å²) in [7, 11) is 1.98. The zero-order chi connectivity index (χ0) is 21.5. The van der Waals surface area contributed by atoms with Gasteiger partial charge in [0.1, 0.15) is 5.69 Å². The van der Waals surface area contributed by atoms with E-state index >= 15 is 0 Å². The minimum atomic E-state index is 0.213. The monoisotopic (exact) mass is 410 g/mol. The first-order chi connectivity index (χ1) is 14.5. The van der Waals surface area contributed by atoms with E-state index in [0.717, 1.165) is 24.6 Å². The number of rotatable bonds is 8. The van der Waals surface area contributed by atoms with Crippen LogP contribution in [0, 0.1) is 13.8 Å². The molecule has 3 heterocycles. The first kappa shape index (κ1) is 21.5. The molecule has 3 rings (SSSR count). The lowest BCUT2D eigenvalue weighted by atomic mass is 10.1. The van der Waals surface area contributed by atoms with E-state index in [2.05, 4.69) is 63.5 Å². The summed E-state index contributed by atoms with van der Waals surface area (Å²) in [6, 6.07) is 5.80. The van der Waals surface area contributed by atoms with Crippen molar-refractivity contribution in [2.45, 2.75) is 46.6 Å². The van der Waals surface area contributed by atoms with Gasteiger partial charge in [-0.15, -0.1) is 0 Å². The van der Waals surface area contributed by atoms with Crippen LogP contribution in [0.4, 0.5) is 0 Å². The van der Waals surface area contributed by atoms with Crippen molar-refractivity contribution in [1.29, 1.82) is 0 Å². The van der Waals surface area contributed by atoms with Gasteiger partial charge in [0.2, 0.25) is 0 Å². The van der Waals surface area contributed by atoms with Gasteiger partial charge in [-0.1, -0.05) is 11.2 Å². The van der Waals surface area contributed by atoms with E-state index in [1.807, 2.05) is 29.9 Å². The highest BCUT2D eigenvalue weighted by Gasteiger charge is 2.14. The van der Waals surface area contributed by atoms with Crippen LogP contribution in [0.1, 0.15) is 36.6 Å². The lowest BCUT2D eigenvalue weighted by molar-refractivity contribution is 0.421. The van der Waals surface area contributed by atoms with Crippen LogP contribution in [0.2, 0.25) is 0 Å². The molecule has 0 bridgehead atoms. The minimum Gasteiger partial charge on any atom is -0.357 e. The fourth-order valence-corrected chi connectivity index (χ4v) is 3.24. The molecule has 0 radical (unpaired) electrons. The molecular formula is C21H30N8O. The zero-order valence-corrected chi connectivity index (χ0v) is 18.3. The average Bonchev–Trinajstić information content (AvgIpc) is 3.29.